The highest BCUT2D eigenvalue weighted by molar-refractivity contribution is 5.89. The number of hydrogen-bond acceptors (Lipinski definition) is 3. The predicted octanol–water partition coefficient (Wildman–Crippen LogP) is 1.70. The number of nitrogens with one attached hydrogen (secondary N) is 1. The van der Waals surface area contributed by atoms with Crippen LogP contribution in [0.1, 0.15) is 0 Å². The van der Waals surface area contributed by atoms with Crippen molar-refractivity contribution in [3.63, 3.8) is 0 Å². The molecular formula is C12H15FN2O3. The van der Waals surface area contributed by atoms with Crippen LogP contribution in [0.25, 0.3) is 0 Å². The number of morpholine rings is 1. The van der Waals surface area contributed by atoms with Crippen LogP contribution in [-0.2, 0) is 4.74 Å². The summed E-state index contributed by atoms with van der Waals surface area (Å²) in [6.07, 6.45) is 0. The number of urea groups is 1. The van der Waals surface area contributed by atoms with E-state index >= 15 is 0 Å². The Morgan fingerprint density at radius 3 is 2.83 bits per heavy atom. The van der Waals surface area contributed by atoms with Gasteiger partial charge in [-0.15, -0.1) is 0 Å². The van der Waals surface area contributed by atoms with Gasteiger partial charge < -0.3 is 19.7 Å². The monoisotopic (exact) mass is 254 g/mol. The molecule has 0 bridgehead atoms. The van der Waals surface area contributed by atoms with E-state index in [0.717, 1.165) is 0 Å². The molecule has 18 heavy (non-hydrogen) atoms. The first-order valence-electron chi connectivity index (χ1n) is 5.68. The number of carbonyl (C=O) groups excluding carboxylic acids is 1. The van der Waals surface area contributed by atoms with Gasteiger partial charge in [-0.05, 0) is 12.1 Å². The molecule has 2 rings (SSSR count). The minimum Gasteiger partial charge on any atom is -0.494 e. The van der Waals surface area contributed by atoms with E-state index in [0.29, 0.717) is 32.0 Å². The van der Waals surface area contributed by atoms with E-state index in [1.165, 1.54) is 25.3 Å². The smallest absolute Gasteiger partial charge is 0.322 e. The lowest BCUT2D eigenvalue weighted by atomic mass is 10.3. The van der Waals surface area contributed by atoms with E-state index in [2.05, 4.69) is 5.32 Å². The summed E-state index contributed by atoms with van der Waals surface area (Å²) >= 11 is 0. The molecule has 1 heterocycles. The van der Waals surface area contributed by atoms with Crippen molar-refractivity contribution in [1.82, 2.24) is 4.90 Å². The van der Waals surface area contributed by atoms with Gasteiger partial charge >= 0.3 is 6.03 Å². The molecule has 0 atom stereocenters. The Morgan fingerprint density at radius 2 is 2.17 bits per heavy atom. The number of carbonyl (C=O) groups is 1. The van der Waals surface area contributed by atoms with Crippen LogP contribution in [0, 0.1) is 5.82 Å². The molecule has 98 valence electrons. The molecule has 1 saturated heterocycles. The lowest BCUT2D eigenvalue weighted by Crippen LogP contribution is -2.43. The Hall–Kier alpha value is -1.82. The van der Waals surface area contributed by atoms with Crippen LogP contribution in [0.2, 0.25) is 0 Å². The minimum absolute atomic E-state index is 0.106. The van der Waals surface area contributed by atoms with E-state index < -0.39 is 5.82 Å². The first-order chi connectivity index (χ1) is 8.70. The molecule has 6 heteroatoms. The van der Waals surface area contributed by atoms with E-state index in [9.17, 15) is 9.18 Å². The van der Waals surface area contributed by atoms with Gasteiger partial charge in [-0.2, -0.15) is 0 Å². The van der Waals surface area contributed by atoms with Crippen molar-refractivity contribution in [3.05, 3.63) is 24.0 Å². The molecule has 1 aliphatic rings. The fourth-order valence-corrected chi connectivity index (χ4v) is 1.71. The summed E-state index contributed by atoms with van der Waals surface area (Å²) in [5, 5.41) is 2.70. The summed E-state index contributed by atoms with van der Waals surface area (Å²) < 4.78 is 23.2. The van der Waals surface area contributed by atoms with E-state index in [4.69, 9.17) is 9.47 Å². The second-order valence-electron chi connectivity index (χ2n) is 3.88. The molecule has 1 aliphatic heterocycles. The first-order valence-corrected chi connectivity index (χ1v) is 5.68. The lowest BCUT2D eigenvalue weighted by Gasteiger charge is -2.26. The Labute approximate surface area is 104 Å². The van der Waals surface area contributed by atoms with Gasteiger partial charge in [-0.25, -0.2) is 9.18 Å². The summed E-state index contributed by atoms with van der Waals surface area (Å²) in [5.74, 6) is -0.350. The normalized spacial score (nSPS) is 15.3. The number of benzene rings is 1. The highest BCUT2D eigenvalue weighted by Crippen LogP contribution is 2.21. The number of rotatable bonds is 2. The number of hydrogen-bond donors (Lipinski definition) is 1. The topological polar surface area (TPSA) is 50.8 Å². The van der Waals surface area contributed by atoms with Crippen LogP contribution < -0.4 is 10.1 Å². The fraction of sp³-hybridized carbons (Fsp3) is 0.417. The highest BCUT2D eigenvalue weighted by Gasteiger charge is 2.17. The number of amides is 2. The predicted molar refractivity (Wildman–Crippen MR) is 64.4 cm³/mol. The maximum Gasteiger partial charge on any atom is 0.322 e. The molecule has 0 spiro atoms. The van der Waals surface area contributed by atoms with Gasteiger partial charge in [0.1, 0.15) is 0 Å². The Bertz CT molecular complexity index is 433. The van der Waals surface area contributed by atoms with Gasteiger partial charge in [-0.3, -0.25) is 0 Å². The first kappa shape index (κ1) is 12.6. The van der Waals surface area contributed by atoms with Gasteiger partial charge in [-0.1, -0.05) is 0 Å². The Morgan fingerprint density at radius 1 is 1.44 bits per heavy atom. The van der Waals surface area contributed by atoms with Crippen LogP contribution in [-0.4, -0.2) is 44.3 Å². The van der Waals surface area contributed by atoms with Gasteiger partial charge in [0.05, 0.1) is 20.3 Å². The summed E-state index contributed by atoms with van der Waals surface area (Å²) in [6.45, 7) is 2.20. The fourth-order valence-electron chi connectivity index (χ4n) is 1.71. The van der Waals surface area contributed by atoms with E-state index in [1.807, 2.05) is 0 Å². The van der Waals surface area contributed by atoms with Crippen LogP contribution in [0.3, 0.4) is 0 Å². The quantitative estimate of drug-likeness (QED) is 0.874. The third-order valence-electron chi connectivity index (χ3n) is 2.70. The number of ether oxygens (including phenoxy) is 2. The molecule has 1 aromatic rings. The summed E-state index contributed by atoms with van der Waals surface area (Å²) in [7, 11) is 1.38. The second-order valence-corrected chi connectivity index (χ2v) is 3.88. The number of anilines is 1. The van der Waals surface area contributed by atoms with Crippen molar-refractivity contribution in [3.8, 4) is 5.75 Å². The average molecular weight is 254 g/mol. The van der Waals surface area contributed by atoms with Gasteiger partial charge in [0.2, 0.25) is 0 Å². The van der Waals surface area contributed by atoms with Crippen molar-refractivity contribution >= 4 is 11.7 Å². The average Bonchev–Trinajstić information content (AvgIpc) is 2.42. The molecule has 0 radical (unpaired) electrons. The molecular weight excluding hydrogens is 239 g/mol. The van der Waals surface area contributed by atoms with Gasteiger partial charge in [0.25, 0.3) is 0 Å². The minimum atomic E-state index is -0.457. The third kappa shape index (κ3) is 2.89. The van der Waals surface area contributed by atoms with Crippen LogP contribution in [0.5, 0.6) is 5.75 Å². The van der Waals surface area contributed by atoms with Gasteiger partial charge in [0, 0.05) is 24.8 Å². The SMILES string of the molecule is COc1cc(NC(=O)N2CCOCC2)ccc1F. The lowest BCUT2D eigenvalue weighted by molar-refractivity contribution is 0.0564. The highest BCUT2D eigenvalue weighted by atomic mass is 19.1. The molecule has 0 saturated carbocycles. The molecule has 2 amide bonds. The summed E-state index contributed by atoms with van der Waals surface area (Å²) in [5.41, 5.74) is 0.504. The van der Waals surface area contributed by atoms with Crippen molar-refractivity contribution in [2.24, 2.45) is 0 Å². The molecule has 1 N–H and O–H groups in total. The Kier molecular flexibility index (Phi) is 3.99. The van der Waals surface area contributed by atoms with Crippen LogP contribution in [0.4, 0.5) is 14.9 Å². The van der Waals surface area contributed by atoms with Gasteiger partial charge in [0.15, 0.2) is 11.6 Å². The summed E-state index contributed by atoms with van der Waals surface area (Å²) in [4.78, 5) is 13.5. The molecule has 1 aromatic carbocycles. The molecule has 0 unspecified atom stereocenters. The van der Waals surface area contributed by atoms with E-state index in [1.54, 1.807) is 4.90 Å². The number of methoxy groups -OCH3 is 1. The maximum absolute atomic E-state index is 13.2. The summed E-state index contributed by atoms with van der Waals surface area (Å²) in [6, 6.07) is 3.99. The standard InChI is InChI=1S/C12H15FN2O3/c1-17-11-8-9(2-3-10(11)13)14-12(16)15-4-6-18-7-5-15/h2-3,8H,4-7H2,1H3,(H,14,16). The zero-order valence-electron chi connectivity index (χ0n) is 10.1. The largest absolute Gasteiger partial charge is 0.494 e. The zero-order chi connectivity index (χ0) is 13.0. The Balaban J connectivity index is 2.02. The van der Waals surface area contributed by atoms with Crippen molar-refractivity contribution in [2.45, 2.75) is 0 Å². The van der Waals surface area contributed by atoms with Crippen molar-refractivity contribution in [1.29, 1.82) is 0 Å². The zero-order valence-corrected chi connectivity index (χ0v) is 10.1. The number of halogens is 1. The van der Waals surface area contributed by atoms with Crippen molar-refractivity contribution in [2.75, 3.05) is 38.7 Å². The molecule has 0 aromatic heterocycles. The van der Waals surface area contributed by atoms with Crippen molar-refractivity contribution < 1.29 is 18.7 Å². The van der Waals surface area contributed by atoms with Crippen LogP contribution >= 0.6 is 0 Å². The third-order valence-corrected chi connectivity index (χ3v) is 2.70. The van der Waals surface area contributed by atoms with Crippen LogP contribution in [0.15, 0.2) is 18.2 Å². The van der Waals surface area contributed by atoms with E-state index in [-0.39, 0.29) is 11.8 Å². The molecule has 5 nitrogen and oxygen atoms in total. The maximum atomic E-state index is 13.2. The second kappa shape index (κ2) is 5.68. The molecule has 0 aliphatic carbocycles. The number of nitrogens with zero attached hydrogens (tertiary/aromatic N) is 1. The molecule has 1 fully saturated rings.